The summed E-state index contributed by atoms with van der Waals surface area (Å²) in [4.78, 5) is 8.04. The van der Waals surface area contributed by atoms with E-state index in [1.165, 1.54) is 19.4 Å². The van der Waals surface area contributed by atoms with Gasteiger partial charge in [-0.2, -0.15) is 13.2 Å². The molecule has 1 fully saturated rings. The van der Waals surface area contributed by atoms with Gasteiger partial charge in [0.05, 0.1) is 7.11 Å². The van der Waals surface area contributed by atoms with Crippen LogP contribution in [-0.2, 0) is 10.0 Å². The second-order valence-electron chi connectivity index (χ2n) is 7.74. The van der Waals surface area contributed by atoms with Crippen LogP contribution in [0.4, 0.5) is 23.2 Å². The van der Waals surface area contributed by atoms with Gasteiger partial charge in [-0.05, 0) is 43.7 Å². The number of sulfonamides is 1. The minimum absolute atomic E-state index is 0.0377. The van der Waals surface area contributed by atoms with Gasteiger partial charge < -0.3 is 9.47 Å². The zero-order valence-electron chi connectivity index (χ0n) is 17.4. The van der Waals surface area contributed by atoms with Crippen molar-refractivity contribution in [3.05, 3.63) is 30.2 Å². The molecule has 7 nitrogen and oxygen atoms in total. The molecular formula is C20H23F4N3O4S. The van der Waals surface area contributed by atoms with E-state index < -0.39 is 27.8 Å². The first-order valence-corrected chi connectivity index (χ1v) is 11.6. The van der Waals surface area contributed by atoms with Gasteiger partial charge in [0, 0.05) is 17.8 Å². The maximum absolute atomic E-state index is 14.5. The first-order valence-electron chi connectivity index (χ1n) is 9.90. The third kappa shape index (κ3) is 6.44. The summed E-state index contributed by atoms with van der Waals surface area (Å²) in [6, 6.07) is 3.65. The van der Waals surface area contributed by atoms with Crippen LogP contribution in [0.25, 0.3) is 11.3 Å². The molecule has 12 heteroatoms. The lowest BCUT2D eigenvalue weighted by Gasteiger charge is -2.26. The van der Waals surface area contributed by atoms with Crippen LogP contribution in [-0.4, -0.2) is 43.5 Å². The first kappa shape index (κ1) is 24.0. The molecule has 0 aromatic carbocycles. The van der Waals surface area contributed by atoms with Gasteiger partial charge >= 0.3 is 6.18 Å². The maximum Gasteiger partial charge on any atom is 0.404 e. The number of nitrogens with one attached hydrogen (secondary N) is 1. The molecule has 0 amide bonds. The highest BCUT2D eigenvalue weighted by atomic mass is 32.2. The van der Waals surface area contributed by atoms with Crippen LogP contribution in [0.3, 0.4) is 0 Å². The molecule has 2 heterocycles. The minimum Gasteiger partial charge on any atom is -0.480 e. The third-order valence-corrected chi connectivity index (χ3v) is 6.25. The topological polar surface area (TPSA) is 90.4 Å². The molecule has 1 aliphatic rings. The summed E-state index contributed by atoms with van der Waals surface area (Å²) < 4.78 is 88.5. The van der Waals surface area contributed by atoms with Gasteiger partial charge in [0.15, 0.2) is 5.75 Å². The maximum atomic E-state index is 14.5. The van der Waals surface area contributed by atoms with Gasteiger partial charge in [-0.15, -0.1) is 0 Å². The zero-order valence-corrected chi connectivity index (χ0v) is 18.3. The highest BCUT2D eigenvalue weighted by Gasteiger charge is 2.35. The quantitative estimate of drug-likeness (QED) is 0.589. The van der Waals surface area contributed by atoms with Gasteiger partial charge in [-0.25, -0.2) is 22.8 Å². The van der Waals surface area contributed by atoms with E-state index >= 15 is 0 Å². The summed E-state index contributed by atoms with van der Waals surface area (Å²) in [5.41, 5.74) is -0.517. The summed E-state index contributed by atoms with van der Waals surface area (Å²) >= 11 is 0. The Kier molecular flexibility index (Phi) is 7.11. The molecule has 0 saturated heterocycles. The Bertz CT molecular complexity index is 1060. The van der Waals surface area contributed by atoms with E-state index in [1.54, 1.807) is 4.72 Å². The van der Waals surface area contributed by atoms with Gasteiger partial charge in [0.2, 0.25) is 21.8 Å². The van der Waals surface area contributed by atoms with E-state index in [1.807, 2.05) is 0 Å². The van der Waals surface area contributed by atoms with Crippen LogP contribution in [0.5, 0.6) is 11.8 Å². The number of halogens is 4. The Balaban J connectivity index is 1.88. The number of nitrogens with zero attached hydrogens (tertiary/aromatic N) is 2. The lowest BCUT2D eigenvalue weighted by molar-refractivity contribution is -0.106. The molecule has 0 atom stereocenters. The van der Waals surface area contributed by atoms with Crippen molar-refractivity contribution in [2.75, 3.05) is 17.6 Å². The summed E-state index contributed by atoms with van der Waals surface area (Å²) in [5.74, 6) is -2.29. The SMILES string of the molecule is COc1ncc(-c2nc(OC3CCC(C)CC3)ccc2F)cc1NS(=O)(=O)CC(F)(F)F. The van der Waals surface area contributed by atoms with Crippen molar-refractivity contribution in [2.45, 2.75) is 44.9 Å². The third-order valence-electron chi connectivity index (χ3n) is 5.01. The summed E-state index contributed by atoms with van der Waals surface area (Å²) in [6.07, 6.45) is -0.0745. The largest absolute Gasteiger partial charge is 0.480 e. The lowest BCUT2D eigenvalue weighted by Crippen LogP contribution is -2.28. The molecule has 0 bridgehead atoms. The van der Waals surface area contributed by atoms with E-state index in [2.05, 4.69) is 16.9 Å². The van der Waals surface area contributed by atoms with Gasteiger partial charge in [0.1, 0.15) is 23.3 Å². The predicted octanol–water partition coefficient (Wildman–Crippen LogP) is 4.55. The molecule has 0 radical (unpaired) electrons. The highest BCUT2D eigenvalue weighted by Crippen LogP contribution is 2.32. The van der Waals surface area contributed by atoms with Crippen LogP contribution in [0, 0.1) is 11.7 Å². The van der Waals surface area contributed by atoms with E-state index in [4.69, 9.17) is 9.47 Å². The fraction of sp³-hybridized carbons (Fsp3) is 0.500. The van der Waals surface area contributed by atoms with Gasteiger partial charge in [-0.3, -0.25) is 4.72 Å². The van der Waals surface area contributed by atoms with E-state index in [0.717, 1.165) is 37.8 Å². The van der Waals surface area contributed by atoms with Gasteiger partial charge in [0.25, 0.3) is 0 Å². The molecule has 0 aliphatic heterocycles. The number of alkyl halides is 3. The number of anilines is 1. The summed E-state index contributed by atoms with van der Waals surface area (Å²) in [7, 11) is -3.63. The molecule has 1 aliphatic carbocycles. The Morgan fingerprint density at radius 2 is 1.88 bits per heavy atom. The number of methoxy groups -OCH3 is 1. The number of pyridine rings is 2. The van der Waals surface area contributed by atoms with E-state index in [9.17, 15) is 26.0 Å². The Morgan fingerprint density at radius 3 is 2.50 bits per heavy atom. The van der Waals surface area contributed by atoms with E-state index in [0.29, 0.717) is 5.92 Å². The summed E-state index contributed by atoms with van der Waals surface area (Å²) in [6.45, 7) is 2.17. The van der Waals surface area contributed by atoms with Crippen molar-refractivity contribution in [3.63, 3.8) is 0 Å². The Labute approximate surface area is 183 Å². The fourth-order valence-electron chi connectivity index (χ4n) is 3.45. The standard InChI is InChI=1S/C20H23F4N3O4S/c1-12-3-5-14(6-4-12)31-17-8-7-15(21)18(26-17)13-9-16(19(30-2)25-10-13)27-32(28,29)11-20(22,23)24/h7-10,12,14,27H,3-6,11H2,1-2H3. The average Bonchev–Trinajstić information content (AvgIpc) is 2.69. The van der Waals surface area contributed by atoms with Crippen molar-refractivity contribution in [3.8, 4) is 23.0 Å². The van der Waals surface area contributed by atoms with Crippen molar-refractivity contribution in [2.24, 2.45) is 5.92 Å². The molecule has 2 aromatic heterocycles. The predicted molar refractivity (Wildman–Crippen MR) is 109 cm³/mol. The molecule has 0 unspecified atom stereocenters. The fourth-order valence-corrected chi connectivity index (χ4v) is 4.43. The van der Waals surface area contributed by atoms with Crippen molar-refractivity contribution in [1.29, 1.82) is 0 Å². The molecule has 2 aromatic rings. The second kappa shape index (κ2) is 9.47. The number of aromatic nitrogens is 2. The average molecular weight is 477 g/mol. The van der Waals surface area contributed by atoms with Crippen LogP contribution in [0.1, 0.15) is 32.6 Å². The number of hydrogen-bond acceptors (Lipinski definition) is 6. The Hall–Kier alpha value is -2.63. The monoisotopic (exact) mass is 477 g/mol. The molecular weight excluding hydrogens is 454 g/mol. The first-order chi connectivity index (χ1) is 15.0. The minimum atomic E-state index is -4.94. The normalized spacial score (nSPS) is 19.4. The lowest BCUT2D eigenvalue weighted by atomic mass is 9.89. The smallest absolute Gasteiger partial charge is 0.404 e. The number of ether oxygens (including phenoxy) is 2. The van der Waals surface area contributed by atoms with Crippen LogP contribution in [0.2, 0.25) is 0 Å². The van der Waals surface area contributed by atoms with Crippen molar-refractivity contribution in [1.82, 2.24) is 9.97 Å². The van der Waals surface area contributed by atoms with Crippen molar-refractivity contribution < 1.29 is 35.5 Å². The van der Waals surface area contributed by atoms with Crippen molar-refractivity contribution >= 4 is 15.7 Å². The van der Waals surface area contributed by atoms with Crippen LogP contribution < -0.4 is 14.2 Å². The molecule has 32 heavy (non-hydrogen) atoms. The molecule has 1 saturated carbocycles. The van der Waals surface area contributed by atoms with E-state index in [-0.39, 0.29) is 34.8 Å². The molecule has 1 N–H and O–H groups in total. The Morgan fingerprint density at radius 1 is 1.19 bits per heavy atom. The highest BCUT2D eigenvalue weighted by molar-refractivity contribution is 7.92. The molecule has 3 rings (SSSR count). The summed E-state index contributed by atoms with van der Waals surface area (Å²) in [5, 5.41) is 0. The van der Waals surface area contributed by atoms with Crippen LogP contribution >= 0.6 is 0 Å². The molecule has 0 spiro atoms. The number of rotatable bonds is 7. The zero-order chi connectivity index (χ0) is 23.5. The van der Waals surface area contributed by atoms with Gasteiger partial charge in [-0.1, -0.05) is 6.92 Å². The van der Waals surface area contributed by atoms with Crippen LogP contribution in [0.15, 0.2) is 24.4 Å². The second-order valence-corrected chi connectivity index (χ2v) is 9.46. The molecule has 176 valence electrons. The number of hydrogen-bond donors (Lipinski definition) is 1.